The lowest BCUT2D eigenvalue weighted by molar-refractivity contribution is 1.17. The zero-order valence-corrected chi connectivity index (χ0v) is 11.6. The van der Waals surface area contributed by atoms with Gasteiger partial charge in [0.15, 0.2) is 0 Å². The fraction of sp³-hybridized carbons (Fsp3) is 0.154. The zero-order chi connectivity index (χ0) is 11.2. The van der Waals surface area contributed by atoms with Gasteiger partial charge in [0.1, 0.15) is 0 Å². The van der Waals surface area contributed by atoms with Gasteiger partial charge in [-0.1, -0.05) is 30.3 Å². The predicted molar refractivity (Wildman–Crippen MR) is 77.0 cm³/mol. The highest BCUT2D eigenvalue weighted by molar-refractivity contribution is 7.98. The Labute approximate surface area is 117 Å². The van der Waals surface area contributed by atoms with Crippen LogP contribution in [0.25, 0.3) is 0 Å². The second kappa shape index (κ2) is 7.59. The Morgan fingerprint density at radius 1 is 1.06 bits per heavy atom. The van der Waals surface area contributed by atoms with Crippen molar-refractivity contribution in [3.63, 3.8) is 0 Å². The lowest BCUT2D eigenvalue weighted by atomic mass is 10.2. The Bertz CT molecular complexity index is 448. The summed E-state index contributed by atoms with van der Waals surface area (Å²) in [7, 11) is 0. The van der Waals surface area contributed by atoms with E-state index in [1.165, 1.54) is 10.5 Å². The standard InChI is InChI=1S/C13H12ClNS.ClH/c14-7-12-6-13(9-15-8-12)16-10-11-4-2-1-3-5-11;/h1-6,8-9H,7,10H2;1H. The molecule has 0 spiro atoms. The van der Waals surface area contributed by atoms with Crippen molar-refractivity contribution in [1.29, 1.82) is 0 Å². The summed E-state index contributed by atoms with van der Waals surface area (Å²) in [6, 6.07) is 12.5. The van der Waals surface area contributed by atoms with Gasteiger partial charge in [0.2, 0.25) is 0 Å². The molecule has 0 bridgehead atoms. The van der Waals surface area contributed by atoms with Gasteiger partial charge in [-0.3, -0.25) is 4.98 Å². The van der Waals surface area contributed by atoms with E-state index in [0.717, 1.165) is 11.3 Å². The fourth-order valence-corrected chi connectivity index (χ4v) is 2.40. The molecular weight excluding hydrogens is 273 g/mol. The molecule has 1 aromatic carbocycles. The zero-order valence-electron chi connectivity index (χ0n) is 9.17. The molecule has 1 aromatic heterocycles. The molecule has 0 amide bonds. The molecule has 4 heteroatoms. The summed E-state index contributed by atoms with van der Waals surface area (Å²) in [5.41, 5.74) is 2.39. The van der Waals surface area contributed by atoms with Crippen molar-refractivity contribution < 1.29 is 0 Å². The number of alkyl halides is 1. The third kappa shape index (κ3) is 4.58. The summed E-state index contributed by atoms with van der Waals surface area (Å²) >= 11 is 7.55. The molecule has 0 aliphatic carbocycles. The number of hydrogen-bond acceptors (Lipinski definition) is 2. The van der Waals surface area contributed by atoms with E-state index >= 15 is 0 Å². The minimum atomic E-state index is 0. The number of nitrogens with zero attached hydrogens (tertiary/aromatic N) is 1. The number of pyridine rings is 1. The van der Waals surface area contributed by atoms with Crippen LogP contribution < -0.4 is 0 Å². The molecule has 0 aliphatic heterocycles. The SMILES string of the molecule is Cl.ClCc1cncc(SCc2ccccc2)c1. The van der Waals surface area contributed by atoms with Crippen molar-refractivity contribution in [3.8, 4) is 0 Å². The molecule has 0 saturated heterocycles. The Kier molecular flexibility index (Phi) is 6.41. The van der Waals surface area contributed by atoms with Crippen molar-refractivity contribution in [2.24, 2.45) is 0 Å². The molecule has 0 atom stereocenters. The number of benzene rings is 1. The molecule has 0 saturated carbocycles. The largest absolute Gasteiger partial charge is 0.263 e. The average molecular weight is 286 g/mol. The number of halogens is 2. The van der Waals surface area contributed by atoms with E-state index in [1.54, 1.807) is 18.0 Å². The first-order chi connectivity index (χ1) is 7.88. The topological polar surface area (TPSA) is 12.9 Å². The summed E-state index contributed by atoms with van der Waals surface area (Å²) in [6.45, 7) is 0. The molecule has 90 valence electrons. The molecule has 0 N–H and O–H groups in total. The van der Waals surface area contributed by atoms with Gasteiger partial charge in [0.05, 0.1) is 0 Å². The van der Waals surface area contributed by atoms with Crippen LogP contribution in [-0.2, 0) is 11.6 Å². The molecule has 1 heterocycles. The molecule has 0 radical (unpaired) electrons. The third-order valence-electron chi connectivity index (χ3n) is 2.17. The summed E-state index contributed by atoms with van der Waals surface area (Å²) in [6.07, 6.45) is 3.68. The van der Waals surface area contributed by atoms with E-state index in [4.69, 9.17) is 11.6 Å². The minimum absolute atomic E-state index is 0. The van der Waals surface area contributed by atoms with Gasteiger partial charge < -0.3 is 0 Å². The first-order valence-corrected chi connectivity index (χ1v) is 6.57. The van der Waals surface area contributed by atoms with Crippen molar-refractivity contribution in [2.75, 3.05) is 0 Å². The maximum absolute atomic E-state index is 5.77. The first-order valence-electron chi connectivity index (χ1n) is 5.05. The maximum atomic E-state index is 5.77. The Morgan fingerprint density at radius 2 is 1.82 bits per heavy atom. The monoisotopic (exact) mass is 285 g/mol. The number of hydrogen-bond donors (Lipinski definition) is 0. The van der Waals surface area contributed by atoms with Gasteiger partial charge in [0.25, 0.3) is 0 Å². The van der Waals surface area contributed by atoms with Crippen molar-refractivity contribution in [3.05, 3.63) is 59.9 Å². The Hall–Kier alpha value is -0.700. The van der Waals surface area contributed by atoms with Crippen molar-refractivity contribution in [1.82, 2.24) is 4.98 Å². The van der Waals surface area contributed by atoms with E-state index in [2.05, 4.69) is 35.3 Å². The van der Waals surface area contributed by atoms with Gasteiger partial charge in [-0.15, -0.1) is 35.8 Å². The quantitative estimate of drug-likeness (QED) is 0.605. The number of aromatic nitrogens is 1. The van der Waals surface area contributed by atoms with Crippen LogP contribution in [0.5, 0.6) is 0 Å². The Balaban J connectivity index is 0.00000144. The molecule has 2 aromatic rings. The van der Waals surface area contributed by atoms with Crippen LogP contribution in [0.3, 0.4) is 0 Å². The van der Waals surface area contributed by atoms with Crippen LogP contribution in [-0.4, -0.2) is 4.98 Å². The van der Waals surface area contributed by atoms with Crippen LogP contribution >= 0.6 is 35.8 Å². The molecule has 0 unspecified atom stereocenters. The highest BCUT2D eigenvalue weighted by Crippen LogP contribution is 2.22. The minimum Gasteiger partial charge on any atom is -0.263 e. The van der Waals surface area contributed by atoms with E-state index in [1.807, 2.05) is 12.3 Å². The van der Waals surface area contributed by atoms with Crippen LogP contribution in [0.4, 0.5) is 0 Å². The second-order valence-corrected chi connectivity index (χ2v) is 4.75. The summed E-state index contributed by atoms with van der Waals surface area (Å²) in [5, 5.41) is 0. The normalized spacial score (nSPS) is 9.71. The molecule has 1 nitrogen and oxygen atoms in total. The van der Waals surface area contributed by atoms with Gasteiger partial charge in [-0.2, -0.15) is 0 Å². The van der Waals surface area contributed by atoms with Gasteiger partial charge in [-0.25, -0.2) is 0 Å². The van der Waals surface area contributed by atoms with Crippen molar-refractivity contribution in [2.45, 2.75) is 16.5 Å². The molecule has 0 aliphatic rings. The van der Waals surface area contributed by atoms with E-state index in [9.17, 15) is 0 Å². The smallest absolute Gasteiger partial charge is 0.0489 e. The number of rotatable bonds is 4. The molecule has 0 fully saturated rings. The van der Waals surface area contributed by atoms with Gasteiger partial charge in [-0.05, 0) is 17.2 Å². The van der Waals surface area contributed by atoms with Crippen LogP contribution in [0.15, 0.2) is 53.7 Å². The van der Waals surface area contributed by atoms with Gasteiger partial charge >= 0.3 is 0 Å². The summed E-state index contributed by atoms with van der Waals surface area (Å²) in [5.74, 6) is 1.49. The average Bonchev–Trinajstić information content (AvgIpc) is 2.38. The lowest BCUT2D eigenvalue weighted by Gasteiger charge is -2.02. The number of thioether (sulfide) groups is 1. The molecule has 2 rings (SSSR count). The fourth-order valence-electron chi connectivity index (χ4n) is 1.36. The Morgan fingerprint density at radius 3 is 2.53 bits per heavy atom. The highest BCUT2D eigenvalue weighted by atomic mass is 35.5. The maximum Gasteiger partial charge on any atom is 0.0489 e. The van der Waals surface area contributed by atoms with Crippen molar-refractivity contribution >= 4 is 35.8 Å². The third-order valence-corrected chi connectivity index (χ3v) is 3.52. The van der Waals surface area contributed by atoms with Gasteiger partial charge in [0, 0.05) is 28.9 Å². The molecular formula is C13H13Cl2NS. The lowest BCUT2D eigenvalue weighted by Crippen LogP contribution is -1.84. The van der Waals surface area contributed by atoms with E-state index in [0.29, 0.717) is 5.88 Å². The highest BCUT2D eigenvalue weighted by Gasteiger charge is 1.98. The summed E-state index contributed by atoms with van der Waals surface area (Å²) in [4.78, 5) is 5.33. The molecule has 17 heavy (non-hydrogen) atoms. The summed E-state index contributed by atoms with van der Waals surface area (Å²) < 4.78 is 0. The van der Waals surface area contributed by atoms with E-state index < -0.39 is 0 Å². The van der Waals surface area contributed by atoms with Crippen LogP contribution in [0, 0.1) is 0 Å². The predicted octanol–water partition coefficient (Wildman–Crippen LogP) is 4.53. The van der Waals surface area contributed by atoms with Crippen LogP contribution in [0.1, 0.15) is 11.1 Å². The van der Waals surface area contributed by atoms with Crippen LogP contribution in [0.2, 0.25) is 0 Å². The van der Waals surface area contributed by atoms with E-state index in [-0.39, 0.29) is 12.4 Å². The second-order valence-electron chi connectivity index (χ2n) is 3.44. The first kappa shape index (κ1) is 14.4.